The van der Waals surface area contributed by atoms with Gasteiger partial charge in [-0.05, 0) is 77.6 Å². The number of halogens is 6. The van der Waals surface area contributed by atoms with Crippen molar-refractivity contribution in [1.29, 1.82) is 0 Å². The normalized spacial score (nSPS) is 10.8. The van der Waals surface area contributed by atoms with Gasteiger partial charge in [0.15, 0.2) is 0 Å². The molecule has 0 radical (unpaired) electrons. The van der Waals surface area contributed by atoms with Gasteiger partial charge in [0.05, 0.1) is 0 Å². The molecule has 0 saturated carbocycles. The van der Waals surface area contributed by atoms with E-state index in [9.17, 15) is 0 Å². The van der Waals surface area contributed by atoms with Crippen LogP contribution in [0.1, 0.15) is 0 Å². The summed E-state index contributed by atoms with van der Waals surface area (Å²) >= 11 is 21.3. The highest BCUT2D eigenvalue weighted by Gasteiger charge is 2.12. The lowest BCUT2D eigenvalue weighted by molar-refractivity contribution is 1.48. The van der Waals surface area contributed by atoms with Crippen LogP contribution in [0.25, 0.3) is 11.1 Å². The average Bonchev–Trinajstić information content (AvgIpc) is 2.24. The lowest BCUT2D eigenvalue weighted by Crippen LogP contribution is -1.85. The van der Waals surface area contributed by atoms with Gasteiger partial charge in [-0.15, -0.1) is 0 Å². The Bertz CT molecular complexity index is 574. The summed E-state index contributed by atoms with van der Waals surface area (Å²) in [5, 5.41) is 0. The second-order valence-corrected chi connectivity index (χ2v) is 8.62. The molecular formula is C12H4Br6. The maximum atomic E-state index is 3.60. The maximum Gasteiger partial charge on any atom is 0.0459 e. The molecule has 0 aliphatic rings. The molecule has 18 heavy (non-hydrogen) atoms. The van der Waals surface area contributed by atoms with Crippen molar-refractivity contribution in [2.24, 2.45) is 0 Å². The van der Waals surface area contributed by atoms with Gasteiger partial charge in [0.1, 0.15) is 0 Å². The molecule has 0 atom stereocenters. The predicted octanol–water partition coefficient (Wildman–Crippen LogP) is 7.93. The molecular weight excluding hydrogens is 624 g/mol. The van der Waals surface area contributed by atoms with Crippen LogP contribution in [-0.2, 0) is 0 Å². The Balaban J connectivity index is 2.70. The van der Waals surface area contributed by atoms with E-state index < -0.39 is 0 Å². The molecule has 0 spiro atoms. The van der Waals surface area contributed by atoms with Crippen LogP contribution in [0.15, 0.2) is 51.1 Å². The Hall–Kier alpha value is 1.32. The zero-order valence-electron chi connectivity index (χ0n) is 8.58. The van der Waals surface area contributed by atoms with E-state index in [0.717, 1.165) is 38.0 Å². The topological polar surface area (TPSA) is 0 Å². The first-order valence-corrected chi connectivity index (χ1v) is 9.45. The molecule has 2 aromatic carbocycles. The molecule has 0 unspecified atom stereocenters. The van der Waals surface area contributed by atoms with Crippen LogP contribution >= 0.6 is 95.6 Å². The molecule has 0 fully saturated rings. The Morgan fingerprint density at radius 2 is 1.00 bits per heavy atom. The fraction of sp³-hybridized carbons (Fsp3) is 0. The standard InChI is InChI=1S/C12H4Br6/c13-6-3-7(14)11(8(15)4-6)5-1-9(16)12(18)10(17)2-5/h1-4H. The Morgan fingerprint density at radius 3 is 1.44 bits per heavy atom. The molecule has 0 aliphatic heterocycles. The van der Waals surface area contributed by atoms with E-state index in [1.54, 1.807) is 0 Å². The van der Waals surface area contributed by atoms with Crippen molar-refractivity contribution in [3.05, 3.63) is 51.1 Å². The molecule has 0 amide bonds. The zero-order chi connectivity index (χ0) is 13.4. The minimum atomic E-state index is 1.01. The molecule has 0 aromatic heterocycles. The molecule has 0 aliphatic carbocycles. The summed E-state index contributed by atoms with van der Waals surface area (Å²) in [6.07, 6.45) is 0. The Kier molecular flexibility index (Phi) is 5.58. The first-order chi connectivity index (χ1) is 8.40. The summed E-state index contributed by atoms with van der Waals surface area (Å²) in [6.45, 7) is 0. The van der Waals surface area contributed by atoms with E-state index >= 15 is 0 Å². The summed E-state index contributed by atoms with van der Waals surface area (Å²) in [4.78, 5) is 0. The van der Waals surface area contributed by atoms with Crippen LogP contribution < -0.4 is 0 Å². The van der Waals surface area contributed by atoms with Crippen LogP contribution in [0, 0.1) is 0 Å². The van der Waals surface area contributed by atoms with E-state index in [4.69, 9.17) is 0 Å². The summed E-state index contributed by atoms with van der Waals surface area (Å²) in [5.41, 5.74) is 2.23. The SMILES string of the molecule is Brc1cc(Br)c(-c2cc(Br)c(Br)c(Br)c2)c(Br)c1. The molecule has 0 bridgehead atoms. The largest absolute Gasteiger partial charge is 0.0508 e. The fourth-order valence-electron chi connectivity index (χ4n) is 1.52. The predicted molar refractivity (Wildman–Crippen MR) is 98.1 cm³/mol. The second-order valence-electron chi connectivity index (χ2n) is 3.50. The highest BCUT2D eigenvalue weighted by Crippen LogP contribution is 2.42. The lowest BCUT2D eigenvalue weighted by atomic mass is 10.1. The molecule has 0 nitrogen and oxygen atoms in total. The summed E-state index contributed by atoms with van der Waals surface area (Å²) in [7, 11) is 0. The maximum absolute atomic E-state index is 3.60. The van der Waals surface area contributed by atoms with Gasteiger partial charge in [-0.25, -0.2) is 0 Å². The van der Waals surface area contributed by atoms with Crippen molar-refractivity contribution >= 4 is 95.6 Å². The highest BCUT2D eigenvalue weighted by atomic mass is 79.9. The summed E-state index contributed by atoms with van der Waals surface area (Å²) in [5.74, 6) is 0. The molecule has 0 heterocycles. The van der Waals surface area contributed by atoms with Crippen LogP contribution in [0.2, 0.25) is 0 Å². The molecule has 0 saturated heterocycles. The first kappa shape index (κ1) is 15.7. The van der Waals surface area contributed by atoms with E-state index in [1.165, 1.54) is 0 Å². The average molecular weight is 628 g/mol. The summed E-state index contributed by atoms with van der Waals surface area (Å²) in [6, 6.07) is 8.22. The van der Waals surface area contributed by atoms with Gasteiger partial charge >= 0.3 is 0 Å². The van der Waals surface area contributed by atoms with E-state index in [2.05, 4.69) is 108 Å². The first-order valence-electron chi connectivity index (χ1n) is 4.69. The third-order valence-corrected chi connectivity index (χ3v) is 7.16. The van der Waals surface area contributed by atoms with E-state index in [1.807, 2.05) is 12.1 Å². The number of benzene rings is 2. The molecule has 6 heteroatoms. The third kappa shape index (κ3) is 3.31. The Labute approximate surface area is 156 Å². The van der Waals surface area contributed by atoms with Gasteiger partial charge in [0.2, 0.25) is 0 Å². The van der Waals surface area contributed by atoms with Crippen molar-refractivity contribution in [2.75, 3.05) is 0 Å². The smallest absolute Gasteiger partial charge is 0.0459 e. The number of hydrogen-bond donors (Lipinski definition) is 0. The lowest BCUT2D eigenvalue weighted by Gasteiger charge is -2.11. The van der Waals surface area contributed by atoms with Gasteiger partial charge in [-0.1, -0.05) is 47.8 Å². The van der Waals surface area contributed by atoms with E-state index in [-0.39, 0.29) is 0 Å². The monoisotopic (exact) mass is 622 g/mol. The van der Waals surface area contributed by atoms with Crippen LogP contribution in [0.4, 0.5) is 0 Å². The van der Waals surface area contributed by atoms with Gasteiger partial charge in [-0.2, -0.15) is 0 Å². The van der Waals surface area contributed by atoms with Crippen molar-refractivity contribution in [3.8, 4) is 11.1 Å². The van der Waals surface area contributed by atoms with Crippen molar-refractivity contribution in [3.63, 3.8) is 0 Å². The number of rotatable bonds is 1. The molecule has 2 aromatic rings. The molecule has 94 valence electrons. The van der Waals surface area contributed by atoms with Crippen LogP contribution in [0.5, 0.6) is 0 Å². The van der Waals surface area contributed by atoms with Crippen LogP contribution in [0.3, 0.4) is 0 Å². The quantitative estimate of drug-likeness (QED) is 0.282. The van der Waals surface area contributed by atoms with Crippen molar-refractivity contribution in [2.45, 2.75) is 0 Å². The van der Waals surface area contributed by atoms with Gasteiger partial charge < -0.3 is 0 Å². The van der Waals surface area contributed by atoms with Crippen molar-refractivity contribution < 1.29 is 0 Å². The molecule has 2 rings (SSSR count). The molecule has 0 N–H and O–H groups in total. The van der Waals surface area contributed by atoms with Gasteiger partial charge in [0.25, 0.3) is 0 Å². The highest BCUT2D eigenvalue weighted by molar-refractivity contribution is 9.14. The van der Waals surface area contributed by atoms with Gasteiger partial charge in [-0.3, -0.25) is 0 Å². The minimum absolute atomic E-state index is 1.01. The van der Waals surface area contributed by atoms with E-state index in [0.29, 0.717) is 0 Å². The second kappa shape index (κ2) is 6.39. The Morgan fingerprint density at radius 1 is 0.556 bits per heavy atom. The van der Waals surface area contributed by atoms with Crippen LogP contribution in [-0.4, -0.2) is 0 Å². The fourth-order valence-corrected chi connectivity index (χ4v) is 5.65. The van der Waals surface area contributed by atoms with Crippen molar-refractivity contribution in [1.82, 2.24) is 0 Å². The zero-order valence-corrected chi connectivity index (χ0v) is 18.1. The van der Waals surface area contributed by atoms with Gasteiger partial charge in [0, 0.05) is 32.4 Å². The summed E-state index contributed by atoms with van der Waals surface area (Å²) < 4.78 is 6.12. The third-order valence-electron chi connectivity index (χ3n) is 2.28. The minimum Gasteiger partial charge on any atom is -0.0508 e. The number of hydrogen-bond acceptors (Lipinski definition) is 0.